The van der Waals surface area contributed by atoms with E-state index in [1.165, 1.54) is 0 Å². The van der Waals surface area contributed by atoms with Gasteiger partial charge in [0.05, 0.1) is 12.2 Å². The minimum absolute atomic E-state index is 0. The smallest absolute Gasteiger partial charge is 0.191 e. The van der Waals surface area contributed by atoms with Gasteiger partial charge in [-0.3, -0.25) is 4.99 Å². The van der Waals surface area contributed by atoms with E-state index in [9.17, 15) is 4.39 Å². The first-order valence-corrected chi connectivity index (χ1v) is 10.5. The first-order valence-electron chi connectivity index (χ1n) is 10.5. The van der Waals surface area contributed by atoms with Gasteiger partial charge in [-0.25, -0.2) is 14.1 Å². The van der Waals surface area contributed by atoms with E-state index in [1.807, 2.05) is 35.6 Å². The molecule has 166 valence electrons. The van der Waals surface area contributed by atoms with Crippen LogP contribution < -0.4 is 15.5 Å². The van der Waals surface area contributed by atoms with Gasteiger partial charge in [-0.2, -0.15) is 5.10 Å². The van der Waals surface area contributed by atoms with Crippen molar-refractivity contribution in [3.05, 3.63) is 41.2 Å². The molecule has 0 saturated carbocycles. The molecule has 0 fully saturated rings. The van der Waals surface area contributed by atoms with Crippen molar-refractivity contribution in [1.29, 1.82) is 0 Å². The van der Waals surface area contributed by atoms with Crippen molar-refractivity contribution < 1.29 is 4.39 Å². The summed E-state index contributed by atoms with van der Waals surface area (Å²) in [6, 6.07) is 5.66. The van der Waals surface area contributed by atoms with Gasteiger partial charge in [-0.1, -0.05) is 13.0 Å². The largest absolute Gasteiger partial charge is 0.370 e. The molecule has 0 amide bonds. The number of aryl methyl sites for hydroxylation is 2. The highest BCUT2D eigenvalue weighted by atomic mass is 127. The van der Waals surface area contributed by atoms with Gasteiger partial charge in [0.2, 0.25) is 0 Å². The van der Waals surface area contributed by atoms with Gasteiger partial charge in [0, 0.05) is 45.6 Å². The molecule has 2 heterocycles. The van der Waals surface area contributed by atoms with E-state index >= 15 is 0 Å². The average Bonchev–Trinajstić information content (AvgIpc) is 3.15. The topological polar surface area (TPSA) is 70.4 Å². The minimum Gasteiger partial charge on any atom is -0.370 e. The van der Waals surface area contributed by atoms with Crippen molar-refractivity contribution in [2.45, 2.75) is 59.2 Å². The summed E-state index contributed by atoms with van der Waals surface area (Å²) in [6.45, 7) is 8.99. The average molecular weight is 529 g/mol. The highest BCUT2D eigenvalue weighted by Crippen LogP contribution is 2.20. The molecular formula is C21H33FIN7. The molecule has 7 nitrogen and oxygen atoms in total. The fraction of sp³-hybridized carbons (Fsp3) is 0.571. The first-order chi connectivity index (χ1) is 14.1. The number of aromatic nitrogens is 3. The van der Waals surface area contributed by atoms with Crippen LogP contribution >= 0.6 is 24.0 Å². The van der Waals surface area contributed by atoms with E-state index in [4.69, 9.17) is 0 Å². The number of guanidine groups is 1. The van der Waals surface area contributed by atoms with Gasteiger partial charge < -0.3 is 15.5 Å². The zero-order chi connectivity index (χ0) is 20.8. The molecule has 9 heteroatoms. The quantitative estimate of drug-likeness (QED) is 0.328. The summed E-state index contributed by atoms with van der Waals surface area (Å²) >= 11 is 0. The van der Waals surface area contributed by atoms with Crippen LogP contribution in [0.2, 0.25) is 0 Å². The van der Waals surface area contributed by atoms with Crippen LogP contribution in [-0.4, -0.2) is 46.9 Å². The van der Waals surface area contributed by atoms with Crippen LogP contribution in [-0.2, 0) is 25.9 Å². The third-order valence-electron chi connectivity index (χ3n) is 5.36. The second-order valence-electron chi connectivity index (χ2n) is 7.24. The van der Waals surface area contributed by atoms with Crippen molar-refractivity contribution in [2.75, 3.05) is 25.0 Å². The summed E-state index contributed by atoms with van der Waals surface area (Å²) in [5.41, 5.74) is 1.54. The molecule has 30 heavy (non-hydrogen) atoms. The maximum atomic E-state index is 14.5. The molecule has 0 spiro atoms. The predicted octanol–water partition coefficient (Wildman–Crippen LogP) is 3.12. The maximum absolute atomic E-state index is 14.5. The lowest BCUT2D eigenvalue weighted by Gasteiger charge is -2.25. The zero-order valence-electron chi connectivity index (χ0n) is 18.3. The van der Waals surface area contributed by atoms with Crippen LogP contribution in [0.1, 0.15) is 44.4 Å². The van der Waals surface area contributed by atoms with E-state index in [0.717, 1.165) is 56.1 Å². The summed E-state index contributed by atoms with van der Waals surface area (Å²) in [4.78, 5) is 10.9. The SMILES string of the molecule is CCc1nc2n(n1)CC(NC(=NC)NCc1ccc(N(CC)CC)c(F)c1)CC2.I. The number of nitrogens with one attached hydrogen (secondary N) is 2. The van der Waals surface area contributed by atoms with Crippen molar-refractivity contribution >= 4 is 35.6 Å². The Labute approximate surface area is 195 Å². The Morgan fingerprint density at radius 2 is 2.07 bits per heavy atom. The minimum atomic E-state index is -0.186. The van der Waals surface area contributed by atoms with E-state index in [2.05, 4.69) is 32.6 Å². The number of fused-ring (bicyclic) bond motifs is 1. The van der Waals surface area contributed by atoms with E-state index in [-0.39, 0.29) is 35.8 Å². The monoisotopic (exact) mass is 529 g/mol. The van der Waals surface area contributed by atoms with Crippen LogP contribution in [0.4, 0.5) is 10.1 Å². The molecule has 2 aromatic rings. The Kier molecular flexibility index (Phi) is 9.32. The van der Waals surface area contributed by atoms with Crippen LogP contribution in [0.5, 0.6) is 0 Å². The van der Waals surface area contributed by atoms with E-state index < -0.39 is 0 Å². The number of hydrogen-bond donors (Lipinski definition) is 2. The van der Waals surface area contributed by atoms with Crippen LogP contribution in [0.25, 0.3) is 0 Å². The van der Waals surface area contributed by atoms with Gasteiger partial charge in [-0.15, -0.1) is 24.0 Å². The van der Waals surface area contributed by atoms with Gasteiger partial charge in [0.15, 0.2) is 11.8 Å². The number of rotatable bonds is 7. The summed E-state index contributed by atoms with van der Waals surface area (Å²) in [6.07, 6.45) is 2.74. The fourth-order valence-electron chi connectivity index (χ4n) is 3.68. The third-order valence-corrected chi connectivity index (χ3v) is 5.36. The second kappa shape index (κ2) is 11.5. The lowest BCUT2D eigenvalue weighted by Crippen LogP contribution is -2.46. The van der Waals surface area contributed by atoms with E-state index in [0.29, 0.717) is 18.2 Å². The molecule has 3 rings (SSSR count). The molecule has 1 aromatic heterocycles. The molecule has 0 bridgehead atoms. The number of nitrogens with zero attached hydrogens (tertiary/aromatic N) is 5. The molecule has 0 saturated heterocycles. The Morgan fingerprint density at radius 3 is 2.70 bits per heavy atom. The third kappa shape index (κ3) is 5.83. The molecular weight excluding hydrogens is 496 g/mol. The molecule has 1 unspecified atom stereocenters. The van der Waals surface area contributed by atoms with Gasteiger partial charge >= 0.3 is 0 Å². The number of hydrogen-bond acceptors (Lipinski definition) is 4. The van der Waals surface area contributed by atoms with Crippen molar-refractivity contribution in [3.63, 3.8) is 0 Å². The summed E-state index contributed by atoms with van der Waals surface area (Å²) in [7, 11) is 1.75. The summed E-state index contributed by atoms with van der Waals surface area (Å²) in [5, 5.41) is 11.3. The number of halogens is 2. The molecule has 1 aromatic carbocycles. The second-order valence-corrected chi connectivity index (χ2v) is 7.24. The predicted molar refractivity (Wildman–Crippen MR) is 130 cm³/mol. The van der Waals surface area contributed by atoms with Gasteiger partial charge in [-0.05, 0) is 38.0 Å². The Hall–Kier alpha value is -1.91. The van der Waals surface area contributed by atoms with Gasteiger partial charge in [0.1, 0.15) is 11.6 Å². The lowest BCUT2D eigenvalue weighted by atomic mass is 10.1. The van der Waals surface area contributed by atoms with Crippen molar-refractivity contribution in [2.24, 2.45) is 4.99 Å². The summed E-state index contributed by atoms with van der Waals surface area (Å²) in [5.74, 6) is 2.49. The normalized spacial score (nSPS) is 15.9. The van der Waals surface area contributed by atoms with Crippen LogP contribution in [0, 0.1) is 5.82 Å². The molecule has 1 atom stereocenters. The Bertz CT molecular complexity index is 848. The number of anilines is 1. The zero-order valence-corrected chi connectivity index (χ0v) is 20.6. The number of benzene rings is 1. The highest BCUT2D eigenvalue weighted by Gasteiger charge is 2.22. The molecule has 0 aliphatic carbocycles. The van der Waals surface area contributed by atoms with Crippen molar-refractivity contribution in [1.82, 2.24) is 25.4 Å². The van der Waals surface area contributed by atoms with Crippen LogP contribution in [0.3, 0.4) is 0 Å². The Balaban J connectivity index is 0.00000320. The van der Waals surface area contributed by atoms with E-state index in [1.54, 1.807) is 13.1 Å². The molecule has 0 radical (unpaired) electrons. The number of aliphatic imine (C=N–C) groups is 1. The van der Waals surface area contributed by atoms with Gasteiger partial charge in [0.25, 0.3) is 0 Å². The molecule has 2 N–H and O–H groups in total. The first kappa shape index (κ1) is 24.4. The fourth-order valence-corrected chi connectivity index (χ4v) is 3.68. The Morgan fingerprint density at radius 1 is 1.30 bits per heavy atom. The summed E-state index contributed by atoms with van der Waals surface area (Å²) < 4.78 is 16.5. The molecule has 1 aliphatic rings. The standard InChI is InChI=1S/C21H32FN7.HI/c1-5-19-26-20-11-9-16(14-29(20)27-19)25-21(23-4)24-13-15-8-10-18(17(22)12-15)28(6-2)7-3;/h8,10,12,16H,5-7,9,11,13-14H2,1-4H3,(H2,23,24,25);1H. The molecule has 1 aliphatic heterocycles. The highest BCUT2D eigenvalue weighted by molar-refractivity contribution is 14.0. The van der Waals surface area contributed by atoms with Crippen LogP contribution in [0.15, 0.2) is 23.2 Å². The maximum Gasteiger partial charge on any atom is 0.191 e. The lowest BCUT2D eigenvalue weighted by molar-refractivity contribution is 0.392. The van der Waals surface area contributed by atoms with Crippen molar-refractivity contribution in [3.8, 4) is 0 Å².